The van der Waals surface area contributed by atoms with Crippen LogP contribution in [0.4, 0.5) is 0 Å². The van der Waals surface area contributed by atoms with E-state index in [1.165, 1.54) is 10.6 Å². The molecule has 6 N–H and O–H groups in total. The minimum Gasteiger partial charge on any atom is -0.508 e. The summed E-state index contributed by atoms with van der Waals surface area (Å²) in [6, 6.07) is 17.4. The molecular formula is C46H47N7O10. The van der Waals surface area contributed by atoms with Gasteiger partial charge in [-0.15, -0.1) is 0 Å². The van der Waals surface area contributed by atoms with Crippen LogP contribution in [0.5, 0.6) is 17.2 Å². The number of phenols is 2. The van der Waals surface area contributed by atoms with Crippen LogP contribution >= 0.6 is 0 Å². The molecule has 9 rings (SSSR count). The van der Waals surface area contributed by atoms with Gasteiger partial charge >= 0.3 is 11.7 Å². The van der Waals surface area contributed by atoms with Crippen molar-refractivity contribution in [1.29, 1.82) is 0 Å². The van der Waals surface area contributed by atoms with Crippen LogP contribution in [0, 0.1) is 0 Å². The number of hydrogen-bond acceptors (Lipinski definition) is 13. The van der Waals surface area contributed by atoms with E-state index in [4.69, 9.17) is 19.2 Å². The Morgan fingerprint density at radius 1 is 0.984 bits per heavy atom. The maximum atomic E-state index is 13.7. The first-order valence-corrected chi connectivity index (χ1v) is 20.9. The summed E-state index contributed by atoms with van der Waals surface area (Å²) in [6.07, 6.45) is 1.30. The lowest BCUT2D eigenvalue weighted by Crippen LogP contribution is -2.44. The number of aliphatic hydroxyl groups is 2. The quantitative estimate of drug-likeness (QED) is 0.0499. The number of esters is 1. The molecule has 7 aromatic rings. The van der Waals surface area contributed by atoms with E-state index in [0.717, 1.165) is 27.4 Å². The zero-order chi connectivity index (χ0) is 44.3. The minimum absolute atomic E-state index is 0.0260. The number of aromatic amines is 1. The van der Waals surface area contributed by atoms with Crippen molar-refractivity contribution in [2.45, 2.75) is 78.2 Å². The van der Waals surface area contributed by atoms with Gasteiger partial charge in [-0.3, -0.25) is 10.1 Å². The summed E-state index contributed by atoms with van der Waals surface area (Å²) in [5, 5.41) is 54.2. The normalized spacial score (nSPS) is 16.1. The summed E-state index contributed by atoms with van der Waals surface area (Å²) < 4.78 is 21.9. The first-order valence-electron chi connectivity index (χ1n) is 20.9. The number of aromatic hydroxyl groups is 2. The molecule has 17 nitrogen and oxygen atoms in total. The van der Waals surface area contributed by atoms with Crippen molar-refractivity contribution in [3.8, 4) is 45.7 Å². The van der Waals surface area contributed by atoms with Gasteiger partial charge < -0.3 is 43.8 Å². The molecule has 3 aromatic carbocycles. The molecule has 0 fully saturated rings. The second kappa shape index (κ2) is 16.2. The Hall–Kier alpha value is -6.79. The van der Waals surface area contributed by atoms with Crippen LogP contribution in [0.25, 0.3) is 50.3 Å². The number of fused-ring (bicyclic) bond motifs is 6. The number of aromatic nitrogens is 6. The maximum absolute atomic E-state index is 13.7. The summed E-state index contributed by atoms with van der Waals surface area (Å²) in [5.41, 5.74) is 3.92. The van der Waals surface area contributed by atoms with Gasteiger partial charge in [-0.2, -0.15) is 5.10 Å². The Balaban J connectivity index is 0.815. The van der Waals surface area contributed by atoms with E-state index in [1.807, 2.05) is 55.8 Å². The van der Waals surface area contributed by atoms with Crippen molar-refractivity contribution < 1.29 is 39.4 Å². The Bertz CT molecular complexity index is 3070. The molecule has 2 atom stereocenters. The lowest BCUT2D eigenvalue weighted by atomic mass is 9.86. The molecule has 6 heterocycles. The van der Waals surface area contributed by atoms with Crippen LogP contribution in [-0.4, -0.2) is 81.5 Å². The lowest BCUT2D eigenvalue weighted by molar-refractivity contribution is -0.172. The number of ether oxygens (including phenoxy) is 3. The number of carbonyl (C=O) groups excluding carboxylic acids is 1. The number of phenolic OH excluding ortho intramolecular Hbond substituents is 2. The standard InChI is InChI=1S/C46H47N7O10/c1-5-28-30-18-27(8-9-35(30)48-40-32(28)22-52-37(40)20-34-33(42(52)56)23-62-43(57)46(34,60)6-2)63-45(59)47-12-15-61-16-14-51-13-11-25-17-26(7-10-36(25)51)53-41(49-50-44(53)58)31-19-29(24(3)4)38(54)21-39(31)55/h7-11,13,17-21,24,45,47,54-55,59-60H,5-6,12,14-16,22-23H2,1-4H3,(H,50,58). The van der Waals surface area contributed by atoms with Crippen LogP contribution in [-0.2, 0) is 46.0 Å². The van der Waals surface area contributed by atoms with Gasteiger partial charge in [0.1, 0.15) is 23.9 Å². The van der Waals surface area contributed by atoms with Gasteiger partial charge in [0.25, 0.3) is 12.0 Å². The highest BCUT2D eigenvalue weighted by molar-refractivity contribution is 5.90. The van der Waals surface area contributed by atoms with Crippen molar-refractivity contribution in [2.24, 2.45) is 0 Å². The van der Waals surface area contributed by atoms with Gasteiger partial charge in [0.2, 0.25) is 0 Å². The molecule has 2 aliphatic rings. The van der Waals surface area contributed by atoms with Crippen LogP contribution in [0.1, 0.15) is 67.9 Å². The van der Waals surface area contributed by atoms with Gasteiger partial charge in [-0.25, -0.2) is 24.2 Å². The zero-order valence-electron chi connectivity index (χ0n) is 35.1. The van der Waals surface area contributed by atoms with Crippen LogP contribution in [0.15, 0.2) is 76.4 Å². The number of aryl methyl sites for hydroxylation is 1. The van der Waals surface area contributed by atoms with Crippen molar-refractivity contribution in [3.63, 3.8) is 0 Å². The number of nitrogens with one attached hydrogen (secondary N) is 2. The summed E-state index contributed by atoms with van der Waals surface area (Å²) in [5.74, 6) is -0.386. The molecule has 0 saturated carbocycles. The first kappa shape index (κ1) is 41.6. The first-order chi connectivity index (χ1) is 30.3. The predicted octanol–water partition coefficient (Wildman–Crippen LogP) is 4.63. The molecule has 0 amide bonds. The number of benzene rings is 3. The SMILES string of the molecule is CCc1c2c(nc3ccc(OC(O)NCCOCCn4ccc5cc(-n6c(-c7cc(C(C)C)c(O)cc7O)n[nH]c6=O)ccc54)cc13)-c1cc3c(c(=O)n1C2)COC(=O)C3(O)CC. The van der Waals surface area contributed by atoms with Gasteiger partial charge in [0.05, 0.1) is 53.5 Å². The molecule has 2 aliphatic heterocycles. The summed E-state index contributed by atoms with van der Waals surface area (Å²) in [6.45, 7) is 9.15. The Morgan fingerprint density at radius 3 is 2.59 bits per heavy atom. The number of rotatable bonds is 14. The number of hydrogen-bond donors (Lipinski definition) is 6. The van der Waals surface area contributed by atoms with Gasteiger partial charge in [0.15, 0.2) is 11.4 Å². The molecule has 326 valence electrons. The third-order valence-electron chi connectivity index (χ3n) is 12.1. The third kappa shape index (κ3) is 7.12. The Labute approximate surface area is 359 Å². The number of aliphatic hydroxyl groups excluding tert-OH is 1. The highest BCUT2D eigenvalue weighted by Crippen LogP contribution is 2.41. The molecule has 0 radical (unpaired) electrons. The van der Waals surface area contributed by atoms with Crippen molar-refractivity contribution in [3.05, 3.63) is 116 Å². The molecular weight excluding hydrogens is 811 g/mol. The van der Waals surface area contributed by atoms with E-state index in [1.54, 1.807) is 41.8 Å². The largest absolute Gasteiger partial charge is 0.508 e. The lowest BCUT2D eigenvalue weighted by Gasteiger charge is -2.31. The second-order valence-electron chi connectivity index (χ2n) is 16.1. The molecule has 0 bridgehead atoms. The molecule has 0 aliphatic carbocycles. The summed E-state index contributed by atoms with van der Waals surface area (Å²) >= 11 is 0. The summed E-state index contributed by atoms with van der Waals surface area (Å²) in [7, 11) is 0. The smallest absolute Gasteiger partial charge is 0.348 e. The monoisotopic (exact) mass is 857 g/mol. The van der Waals surface area contributed by atoms with E-state index in [2.05, 4.69) is 15.5 Å². The number of nitrogens with zero attached hydrogens (tertiary/aromatic N) is 5. The van der Waals surface area contributed by atoms with Gasteiger partial charge in [0, 0.05) is 52.8 Å². The van der Waals surface area contributed by atoms with Crippen LogP contribution < -0.4 is 21.3 Å². The average Bonchev–Trinajstić information content (AvgIpc) is 3.97. The number of cyclic esters (lactones) is 1. The molecule has 4 aromatic heterocycles. The van der Waals surface area contributed by atoms with Crippen molar-refractivity contribution in [1.82, 2.24) is 34.2 Å². The highest BCUT2D eigenvalue weighted by atomic mass is 16.6. The van der Waals surface area contributed by atoms with Gasteiger partial charge in [-0.1, -0.05) is 27.7 Å². The fourth-order valence-electron chi connectivity index (χ4n) is 8.78. The zero-order valence-corrected chi connectivity index (χ0v) is 35.1. The number of H-pyrrole nitrogens is 1. The van der Waals surface area contributed by atoms with Gasteiger partial charge in [-0.05, 0) is 84.5 Å². The van der Waals surface area contributed by atoms with Crippen LogP contribution in [0.2, 0.25) is 0 Å². The fraction of sp³-hybridized carbons (Fsp3) is 0.326. The molecule has 0 spiro atoms. The van der Waals surface area contributed by atoms with Crippen molar-refractivity contribution >= 4 is 27.8 Å². The highest BCUT2D eigenvalue weighted by Gasteiger charge is 2.45. The fourth-order valence-corrected chi connectivity index (χ4v) is 8.78. The average molecular weight is 858 g/mol. The van der Waals surface area contributed by atoms with Crippen LogP contribution in [0.3, 0.4) is 0 Å². The Morgan fingerprint density at radius 2 is 1.81 bits per heavy atom. The summed E-state index contributed by atoms with van der Waals surface area (Å²) in [4.78, 5) is 44.1. The molecule has 0 saturated heterocycles. The molecule has 2 unspecified atom stereocenters. The van der Waals surface area contributed by atoms with Crippen molar-refractivity contribution in [2.75, 3.05) is 19.8 Å². The van der Waals surface area contributed by atoms with E-state index < -0.39 is 23.7 Å². The maximum Gasteiger partial charge on any atom is 0.348 e. The molecule has 17 heteroatoms. The number of pyridine rings is 2. The van der Waals surface area contributed by atoms with E-state index >= 15 is 0 Å². The number of carbonyl (C=O) groups is 1. The second-order valence-corrected chi connectivity index (χ2v) is 16.1. The topological polar surface area (TPSA) is 228 Å². The predicted molar refractivity (Wildman–Crippen MR) is 232 cm³/mol. The van der Waals surface area contributed by atoms with E-state index in [9.17, 15) is 34.8 Å². The van der Waals surface area contributed by atoms with E-state index in [-0.39, 0.29) is 59.5 Å². The molecule has 63 heavy (non-hydrogen) atoms. The van der Waals surface area contributed by atoms with E-state index in [0.29, 0.717) is 72.2 Å². The third-order valence-corrected chi connectivity index (χ3v) is 12.1. The minimum atomic E-state index is -1.91. The Kier molecular flexibility index (Phi) is 10.7.